The first-order chi connectivity index (χ1) is 10.6. The molecule has 0 radical (unpaired) electrons. The number of halogens is 1. The molecule has 3 aromatic carbocycles. The number of nitrogens with two attached hydrogens (primary N) is 1. The summed E-state index contributed by atoms with van der Waals surface area (Å²) in [5.74, 6) is 0.520. The van der Waals surface area contributed by atoms with Gasteiger partial charge in [-0.25, -0.2) is 0 Å². The normalized spacial score (nSPS) is 10.6. The molecule has 0 fully saturated rings. The second-order valence-electron chi connectivity index (χ2n) is 4.93. The molecule has 0 unspecified atom stereocenters. The van der Waals surface area contributed by atoms with E-state index in [0.29, 0.717) is 22.6 Å². The highest BCUT2D eigenvalue weighted by atomic mass is 79.9. The van der Waals surface area contributed by atoms with Gasteiger partial charge in [0.25, 0.3) is 0 Å². The van der Waals surface area contributed by atoms with Crippen LogP contribution in [0.3, 0.4) is 0 Å². The number of rotatable bonds is 3. The summed E-state index contributed by atoms with van der Waals surface area (Å²) in [6.45, 7) is 0. The van der Waals surface area contributed by atoms with Crippen LogP contribution >= 0.6 is 15.9 Å². The maximum Gasteiger partial charge on any atom is 0.195 e. The second-order valence-corrected chi connectivity index (χ2v) is 5.78. The van der Waals surface area contributed by atoms with Gasteiger partial charge in [-0.05, 0) is 23.6 Å². The van der Waals surface area contributed by atoms with Gasteiger partial charge in [0.2, 0.25) is 0 Å². The number of hydrogen-bond donors (Lipinski definition) is 1. The molecule has 0 aliphatic carbocycles. The fourth-order valence-corrected chi connectivity index (χ4v) is 3.04. The van der Waals surface area contributed by atoms with Gasteiger partial charge in [0, 0.05) is 21.0 Å². The van der Waals surface area contributed by atoms with Gasteiger partial charge < -0.3 is 10.5 Å². The van der Waals surface area contributed by atoms with E-state index in [1.54, 1.807) is 37.4 Å². The Kier molecular flexibility index (Phi) is 3.86. The zero-order chi connectivity index (χ0) is 15.7. The minimum absolute atomic E-state index is 0.122. The van der Waals surface area contributed by atoms with Crippen molar-refractivity contribution in [3.63, 3.8) is 0 Å². The lowest BCUT2D eigenvalue weighted by Crippen LogP contribution is -2.06. The van der Waals surface area contributed by atoms with Crippen molar-refractivity contribution in [2.24, 2.45) is 0 Å². The number of nitrogen functional groups attached to an aromatic ring is 1. The lowest BCUT2D eigenvalue weighted by atomic mass is 9.97. The number of hydrogen-bond acceptors (Lipinski definition) is 3. The van der Waals surface area contributed by atoms with E-state index >= 15 is 0 Å². The fraction of sp³-hybridized carbons (Fsp3) is 0.0556. The van der Waals surface area contributed by atoms with Crippen LogP contribution in [0, 0.1) is 0 Å². The summed E-state index contributed by atoms with van der Waals surface area (Å²) in [6.07, 6.45) is 0. The minimum Gasteiger partial charge on any atom is -0.497 e. The van der Waals surface area contributed by atoms with Crippen LogP contribution in [0.5, 0.6) is 5.75 Å². The monoisotopic (exact) mass is 355 g/mol. The Hall–Kier alpha value is -2.33. The van der Waals surface area contributed by atoms with Crippen LogP contribution in [0.2, 0.25) is 0 Å². The predicted octanol–water partition coefficient (Wildman–Crippen LogP) is 4.42. The third-order valence-electron chi connectivity index (χ3n) is 3.61. The topological polar surface area (TPSA) is 52.3 Å². The molecule has 0 aromatic heterocycles. The summed E-state index contributed by atoms with van der Waals surface area (Å²) >= 11 is 3.52. The maximum absolute atomic E-state index is 12.8. The molecule has 22 heavy (non-hydrogen) atoms. The van der Waals surface area contributed by atoms with E-state index < -0.39 is 0 Å². The SMILES string of the molecule is COc1cccc(C(=O)c2cc(Br)c3ccccc3c2N)c1. The number of ketones is 1. The van der Waals surface area contributed by atoms with Gasteiger partial charge in [-0.3, -0.25) is 4.79 Å². The van der Waals surface area contributed by atoms with E-state index in [4.69, 9.17) is 10.5 Å². The lowest BCUT2D eigenvalue weighted by molar-refractivity contribution is 0.103. The summed E-state index contributed by atoms with van der Waals surface area (Å²) in [7, 11) is 1.57. The average Bonchev–Trinajstić information content (AvgIpc) is 2.57. The van der Waals surface area contributed by atoms with Crippen molar-refractivity contribution >= 4 is 38.2 Å². The molecule has 3 nitrogen and oxygen atoms in total. The number of anilines is 1. The molecule has 2 N–H and O–H groups in total. The highest BCUT2D eigenvalue weighted by Gasteiger charge is 2.16. The van der Waals surface area contributed by atoms with E-state index in [9.17, 15) is 4.79 Å². The Labute approximate surface area is 136 Å². The van der Waals surface area contributed by atoms with Gasteiger partial charge in [-0.2, -0.15) is 0 Å². The zero-order valence-corrected chi connectivity index (χ0v) is 13.6. The molecule has 0 atom stereocenters. The smallest absolute Gasteiger partial charge is 0.195 e. The van der Waals surface area contributed by atoms with Crippen molar-refractivity contribution in [2.75, 3.05) is 12.8 Å². The molecule has 3 rings (SSSR count). The Morgan fingerprint density at radius 2 is 1.77 bits per heavy atom. The largest absolute Gasteiger partial charge is 0.497 e. The van der Waals surface area contributed by atoms with E-state index in [-0.39, 0.29) is 5.78 Å². The van der Waals surface area contributed by atoms with Crippen molar-refractivity contribution in [1.82, 2.24) is 0 Å². The standard InChI is InChI=1S/C18H14BrNO2/c1-22-12-6-4-5-11(9-12)18(21)15-10-16(19)13-7-2-3-8-14(13)17(15)20/h2-10H,20H2,1H3. The third-order valence-corrected chi connectivity index (χ3v) is 4.27. The molecule has 0 aliphatic rings. The first-order valence-electron chi connectivity index (χ1n) is 6.77. The van der Waals surface area contributed by atoms with Crippen LogP contribution in [0.4, 0.5) is 5.69 Å². The molecular formula is C18H14BrNO2. The number of carbonyl (C=O) groups excluding carboxylic acids is 1. The van der Waals surface area contributed by atoms with Crippen molar-refractivity contribution in [2.45, 2.75) is 0 Å². The third kappa shape index (κ3) is 2.46. The van der Waals surface area contributed by atoms with Gasteiger partial charge in [-0.15, -0.1) is 0 Å². The molecule has 3 aromatic rings. The van der Waals surface area contributed by atoms with Crippen LogP contribution in [-0.2, 0) is 0 Å². The molecule has 0 amide bonds. The Morgan fingerprint density at radius 1 is 1.05 bits per heavy atom. The predicted molar refractivity (Wildman–Crippen MR) is 92.5 cm³/mol. The van der Waals surface area contributed by atoms with Crippen LogP contribution in [0.1, 0.15) is 15.9 Å². The molecule has 0 bridgehead atoms. The quantitative estimate of drug-likeness (QED) is 0.558. The summed E-state index contributed by atoms with van der Waals surface area (Å²) in [6, 6.07) is 16.6. The molecule has 0 saturated heterocycles. The average molecular weight is 356 g/mol. The fourth-order valence-electron chi connectivity index (χ4n) is 2.46. The van der Waals surface area contributed by atoms with Gasteiger partial charge in [0.05, 0.1) is 12.8 Å². The molecule has 0 spiro atoms. The van der Waals surface area contributed by atoms with Crippen LogP contribution in [-0.4, -0.2) is 12.9 Å². The number of methoxy groups -OCH3 is 1. The molecule has 110 valence electrons. The van der Waals surface area contributed by atoms with Crippen molar-refractivity contribution in [3.8, 4) is 5.75 Å². The summed E-state index contributed by atoms with van der Waals surface area (Å²) < 4.78 is 6.02. The molecule has 0 aliphatic heterocycles. The highest BCUT2D eigenvalue weighted by molar-refractivity contribution is 9.10. The van der Waals surface area contributed by atoms with Crippen LogP contribution in [0.15, 0.2) is 59.1 Å². The molecule has 4 heteroatoms. The van der Waals surface area contributed by atoms with Gasteiger partial charge in [0.1, 0.15) is 5.75 Å². The van der Waals surface area contributed by atoms with Gasteiger partial charge in [0.15, 0.2) is 5.78 Å². The lowest BCUT2D eigenvalue weighted by Gasteiger charge is -2.11. The number of carbonyl (C=O) groups is 1. The highest BCUT2D eigenvalue weighted by Crippen LogP contribution is 2.33. The molecular weight excluding hydrogens is 342 g/mol. The number of ether oxygens (including phenoxy) is 1. The van der Waals surface area contributed by atoms with Gasteiger partial charge >= 0.3 is 0 Å². The first-order valence-corrected chi connectivity index (χ1v) is 7.56. The zero-order valence-electron chi connectivity index (χ0n) is 12.0. The Bertz CT molecular complexity index is 874. The first kappa shape index (κ1) is 14.6. The Balaban J connectivity index is 2.17. The van der Waals surface area contributed by atoms with Gasteiger partial charge in [-0.1, -0.05) is 52.3 Å². The second kappa shape index (κ2) is 5.81. The summed E-state index contributed by atoms with van der Waals surface area (Å²) in [4.78, 5) is 12.8. The van der Waals surface area contributed by atoms with Crippen LogP contribution in [0.25, 0.3) is 10.8 Å². The van der Waals surface area contributed by atoms with E-state index in [2.05, 4.69) is 15.9 Å². The van der Waals surface area contributed by atoms with E-state index in [1.165, 1.54) is 0 Å². The molecule has 0 heterocycles. The maximum atomic E-state index is 12.8. The minimum atomic E-state index is -0.122. The number of benzene rings is 3. The van der Waals surface area contributed by atoms with E-state index in [1.807, 2.05) is 24.3 Å². The van der Waals surface area contributed by atoms with Crippen molar-refractivity contribution in [3.05, 3.63) is 70.2 Å². The molecule has 0 saturated carbocycles. The van der Waals surface area contributed by atoms with Crippen LogP contribution < -0.4 is 10.5 Å². The van der Waals surface area contributed by atoms with Crippen molar-refractivity contribution in [1.29, 1.82) is 0 Å². The van der Waals surface area contributed by atoms with Crippen molar-refractivity contribution < 1.29 is 9.53 Å². The summed E-state index contributed by atoms with van der Waals surface area (Å²) in [5.41, 5.74) is 7.75. The van der Waals surface area contributed by atoms with E-state index in [0.717, 1.165) is 15.2 Å². The summed E-state index contributed by atoms with van der Waals surface area (Å²) in [5, 5.41) is 1.85. The number of fused-ring (bicyclic) bond motifs is 1. The Morgan fingerprint density at radius 3 is 2.50 bits per heavy atom.